The van der Waals surface area contributed by atoms with E-state index in [1.807, 2.05) is 91.0 Å². The number of ether oxygens (including phenoxy) is 3. The summed E-state index contributed by atoms with van der Waals surface area (Å²) in [7, 11) is -3.16. The topological polar surface area (TPSA) is 44.8 Å². The van der Waals surface area contributed by atoms with Crippen LogP contribution in [-0.2, 0) is 4.57 Å². The number of hydrogen-bond acceptors (Lipinski definition) is 4. The van der Waals surface area contributed by atoms with E-state index in [-0.39, 0.29) is 6.79 Å². The molecule has 5 heteroatoms. The zero-order chi connectivity index (χ0) is 20.4. The first-order chi connectivity index (χ1) is 14.7. The lowest BCUT2D eigenvalue weighted by Crippen LogP contribution is -2.25. The summed E-state index contributed by atoms with van der Waals surface area (Å²) < 4.78 is 32.1. The first-order valence-electron chi connectivity index (χ1n) is 9.63. The highest BCUT2D eigenvalue weighted by molar-refractivity contribution is 7.85. The largest absolute Gasteiger partial charge is 0.453 e. The third-order valence-corrected chi connectivity index (χ3v) is 8.03. The van der Waals surface area contributed by atoms with Gasteiger partial charge in [0.05, 0.1) is 0 Å². The molecule has 0 saturated carbocycles. The molecule has 0 unspecified atom stereocenters. The minimum absolute atomic E-state index is 0.102. The molecule has 1 heterocycles. The molecule has 148 valence electrons. The van der Waals surface area contributed by atoms with Crippen LogP contribution in [0.2, 0.25) is 0 Å². The van der Waals surface area contributed by atoms with Crippen LogP contribution in [0.4, 0.5) is 0 Å². The van der Waals surface area contributed by atoms with E-state index in [9.17, 15) is 4.57 Å². The Kier molecular flexibility index (Phi) is 4.78. The van der Waals surface area contributed by atoms with Crippen LogP contribution in [0, 0.1) is 0 Å². The van der Waals surface area contributed by atoms with Crippen LogP contribution in [-0.4, -0.2) is 6.79 Å². The molecule has 4 nitrogen and oxygen atoms in total. The van der Waals surface area contributed by atoms with Crippen molar-refractivity contribution in [3.8, 4) is 23.0 Å². The van der Waals surface area contributed by atoms with Gasteiger partial charge < -0.3 is 18.8 Å². The fraction of sp³-hybridized carbons (Fsp3) is 0.0400. The van der Waals surface area contributed by atoms with Gasteiger partial charge in [-0.05, 0) is 24.3 Å². The molecular weight excluding hydrogens is 395 g/mol. The monoisotopic (exact) mass is 414 g/mol. The average Bonchev–Trinajstić information content (AvgIpc) is 3.30. The van der Waals surface area contributed by atoms with Gasteiger partial charge in [-0.25, -0.2) is 0 Å². The van der Waals surface area contributed by atoms with Gasteiger partial charge in [-0.1, -0.05) is 78.9 Å². The molecule has 1 aliphatic rings. The van der Waals surface area contributed by atoms with Crippen molar-refractivity contribution in [2.75, 3.05) is 6.79 Å². The molecule has 4 aromatic rings. The van der Waals surface area contributed by atoms with E-state index in [4.69, 9.17) is 14.2 Å². The molecule has 0 amide bonds. The number of hydrogen-bond donors (Lipinski definition) is 0. The summed E-state index contributed by atoms with van der Waals surface area (Å²) in [6.07, 6.45) is 0. The van der Waals surface area contributed by atoms with Crippen LogP contribution in [0.25, 0.3) is 0 Å². The zero-order valence-corrected chi connectivity index (χ0v) is 17.0. The van der Waals surface area contributed by atoms with Gasteiger partial charge in [0.1, 0.15) is 5.75 Å². The summed E-state index contributed by atoms with van der Waals surface area (Å²) >= 11 is 0. The standard InChI is InChI=1S/C25H19O4P/c26-30(20-12-6-2-7-13-20,21-14-8-3-9-15-21)22-16-23-25(28-18-27-23)24(17-22)29-19-10-4-1-5-11-19/h1-17H,18H2. The van der Waals surface area contributed by atoms with E-state index in [1.54, 1.807) is 12.1 Å². The van der Waals surface area contributed by atoms with Crippen molar-refractivity contribution in [2.45, 2.75) is 0 Å². The molecule has 4 aromatic carbocycles. The van der Waals surface area contributed by atoms with Crippen LogP contribution in [0.3, 0.4) is 0 Å². The lowest BCUT2D eigenvalue weighted by Gasteiger charge is -2.21. The second kappa shape index (κ2) is 7.74. The Morgan fingerprint density at radius 1 is 0.667 bits per heavy atom. The molecule has 0 fully saturated rings. The van der Waals surface area contributed by atoms with E-state index in [1.165, 1.54) is 0 Å². The predicted octanol–water partition coefficient (Wildman–Crippen LogP) is 4.85. The Morgan fingerprint density at radius 2 is 1.23 bits per heavy atom. The summed E-state index contributed by atoms with van der Waals surface area (Å²) in [5.74, 6) is 2.21. The molecule has 0 atom stereocenters. The molecule has 1 aliphatic heterocycles. The summed E-state index contributed by atoms with van der Waals surface area (Å²) in [4.78, 5) is 0. The van der Waals surface area contributed by atoms with Crippen LogP contribution in [0.1, 0.15) is 0 Å². The Balaban J connectivity index is 1.71. The van der Waals surface area contributed by atoms with Gasteiger partial charge in [0, 0.05) is 15.9 Å². The zero-order valence-electron chi connectivity index (χ0n) is 16.1. The maximum Gasteiger partial charge on any atom is 0.231 e. The molecule has 0 aliphatic carbocycles. The second-order valence-corrected chi connectivity index (χ2v) is 9.64. The maximum absolute atomic E-state index is 14.7. The van der Waals surface area contributed by atoms with Crippen molar-refractivity contribution < 1.29 is 18.8 Å². The SMILES string of the molecule is O=P(c1ccccc1)(c1ccccc1)c1cc2c(c(Oc3ccccc3)c1)OCO2. The highest BCUT2D eigenvalue weighted by Gasteiger charge is 2.33. The van der Waals surface area contributed by atoms with Crippen LogP contribution in [0.5, 0.6) is 23.0 Å². The van der Waals surface area contributed by atoms with Crippen molar-refractivity contribution in [3.63, 3.8) is 0 Å². The van der Waals surface area contributed by atoms with E-state index < -0.39 is 7.14 Å². The summed E-state index contributed by atoms with van der Waals surface area (Å²) in [6.45, 7) is 0.102. The minimum Gasteiger partial charge on any atom is -0.453 e. The van der Waals surface area contributed by atoms with Crippen molar-refractivity contribution in [1.29, 1.82) is 0 Å². The molecule has 0 N–H and O–H groups in total. The van der Waals surface area contributed by atoms with E-state index in [0.717, 1.165) is 10.6 Å². The summed E-state index contributed by atoms with van der Waals surface area (Å²) in [6, 6.07) is 32.1. The molecule has 0 bridgehead atoms. The smallest absolute Gasteiger partial charge is 0.231 e. The lowest BCUT2D eigenvalue weighted by molar-refractivity contribution is 0.172. The summed E-state index contributed by atoms with van der Waals surface area (Å²) in [5, 5.41) is 2.14. The Hall–Kier alpha value is -3.49. The van der Waals surface area contributed by atoms with Crippen molar-refractivity contribution >= 4 is 23.1 Å². The van der Waals surface area contributed by atoms with Gasteiger partial charge in [-0.3, -0.25) is 0 Å². The van der Waals surface area contributed by atoms with Crippen molar-refractivity contribution in [3.05, 3.63) is 103 Å². The first-order valence-corrected chi connectivity index (χ1v) is 11.3. The minimum atomic E-state index is -3.16. The number of benzene rings is 4. The van der Waals surface area contributed by atoms with Crippen LogP contribution in [0.15, 0.2) is 103 Å². The summed E-state index contributed by atoms with van der Waals surface area (Å²) in [5.41, 5.74) is 0. The molecule has 0 spiro atoms. The van der Waals surface area contributed by atoms with Gasteiger partial charge in [-0.2, -0.15) is 0 Å². The third kappa shape index (κ3) is 3.26. The highest BCUT2D eigenvalue weighted by atomic mass is 31.2. The Bertz CT molecular complexity index is 1160. The second-order valence-electron chi connectivity index (χ2n) is 6.87. The van der Waals surface area contributed by atoms with Crippen molar-refractivity contribution in [2.24, 2.45) is 0 Å². The lowest BCUT2D eigenvalue weighted by atomic mass is 10.3. The molecule has 0 saturated heterocycles. The number of rotatable bonds is 5. The maximum atomic E-state index is 14.7. The van der Waals surface area contributed by atoms with Gasteiger partial charge in [-0.15, -0.1) is 0 Å². The van der Waals surface area contributed by atoms with Gasteiger partial charge in [0.25, 0.3) is 0 Å². The predicted molar refractivity (Wildman–Crippen MR) is 118 cm³/mol. The molecule has 30 heavy (non-hydrogen) atoms. The third-order valence-electron chi connectivity index (χ3n) is 5.00. The van der Waals surface area contributed by atoms with E-state index in [2.05, 4.69) is 0 Å². The normalized spacial score (nSPS) is 12.5. The van der Waals surface area contributed by atoms with Crippen LogP contribution < -0.4 is 30.1 Å². The van der Waals surface area contributed by atoms with E-state index >= 15 is 0 Å². The quantitative estimate of drug-likeness (QED) is 0.438. The fourth-order valence-corrected chi connectivity index (χ4v) is 6.24. The Morgan fingerprint density at radius 3 is 1.83 bits per heavy atom. The highest BCUT2D eigenvalue weighted by Crippen LogP contribution is 2.49. The van der Waals surface area contributed by atoms with Crippen molar-refractivity contribution in [1.82, 2.24) is 0 Å². The molecular formula is C25H19O4P. The van der Waals surface area contributed by atoms with Crippen LogP contribution >= 0.6 is 7.14 Å². The molecule has 5 rings (SSSR count). The van der Waals surface area contributed by atoms with E-state index in [0.29, 0.717) is 28.3 Å². The molecule has 0 radical (unpaired) electrons. The van der Waals surface area contributed by atoms with Gasteiger partial charge in [0.2, 0.25) is 12.5 Å². The van der Waals surface area contributed by atoms with Gasteiger partial charge in [0.15, 0.2) is 18.6 Å². The van der Waals surface area contributed by atoms with Gasteiger partial charge >= 0.3 is 0 Å². The number of para-hydroxylation sites is 1. The fourth-order valence-electron chi connectivity index (χ4n) is 3.56. The molecule has 0 aromatic heterocycles. The first kappa shape index (κ1) is 18.5. The Labute approximate surface area is 175 Å². The average molecular weight is 414 g/mol. The number of fused-ring (bicyclic) bond motifs is 1.